The summed E-state index contributed by atoms with van der Waals surface area (Å²) in [5, 5.41) is 9.35. The molecule has 3 N–H and O–H groups in total. The molecule has 0 spiro atoms. The third kappa shape index (κ3) is 4.83. The fraction of sp³-hybridized carbons (Fsp3) is 0.308. The number of cyclic esters (lactones) is 1. The number of benzene rings is 2. The average Bonchev–Trinajstić information content (AvgIpc) is 2.83. The SMILES string of the molecule is C[C@@H](c1ccc(-c2ccc(N)cn2)cc1)N1CC[C@](CCCO)(c2ccc(F)cc2)OC1=O. The number of carbonyl (C=O) groups excluding carboxylic acids is 1. The molecule has 4 rings (SSSR count). The van der Waals surface area contributed by atoms with Gasteiger partial charge in [0.25, 0.3) is 0 Å². The molecule has 7 heteroatoms. The number of nitrogen functional groups attached to an aromatic ring is 1. The van der Waals surface area contributed by atoms with Crippen LogP contribution in [0.4, 0.5) is 14.9 Å². The van der Waals surface area contributed by atoms with Crippen LogP contribution in [-0.4, -0.2) is 34.2 Å². The zero-order chi connectivity index (χ0) is 23.4. The van der Waals surface area contributed by atoms with Crippen molar-refractivity contribution in [3.05, 3.63) is 83.8 Å². The molecule has 2 heterocycles. The maximum absolute atomic E-state index is 13.5. The van der Waals surface area contributed by atoms with Crippen molar-refractivity contribution in [3.63, 3.8) is 0 Å². The van der Waals surface area contributed by atoms with Crippen molar-refractivity contribution in [2.24, 2.45) is 0 Å². The molecule has 0 saturated carbocycles. The van der Waals surface area contributed by atoms with E-state index >= 15 is 0 Å². The van der Waals surface area contributed by atoms with Crippen LogP contribution in [0, 0.1) is 5.82 Å². The lowest BCUT2D eigenvalue weighted by Crippen LogP contribution is -2.48. The van der Waals surface area contributed by atoms with Crippen LogP contribution >= 0.6 is 0 Å². The van der Waals surface area contributed by atoms with Crippen LogP contribution in [0.2, 0.25) is 0 Å². The summed E-state index contributed by atoms with van der Waals surface area (Å²) in [5.41, 5.74) is 8.98. The van der Waals surface area contributed by atoms with Gasteiger partial charge in [-0.3, -0.25) is 4.98 Å². The number of anilines is 1. The minimum absolute atomic E-state index is 0.00414. The van der Waals surface area contributed by atoms with Crippen LogP contribution in [0.15, 0.2) is 66.9 Å². The van der Waals surface area contributed by atoms with E-state index in [0.717, 1.165) is 22.4 Å². The van der Waals surface area contributed by atoms with Crippen LogP contribution in [0.25, 0.3) is 11.3 Å². The maximum Gasteiger partial charge on any atom is 0.411 e. The van der Waals surface area contributed by atoms with Crippen molar-refractivity contribution in [1.82, 2.24) is 9.88 Å². The summed E-state index contributed by atoms with van der Waals surface area (Å²) in [6, 6.07) is 17.5. The normalized spacial score (nSPS) is 19.2. The van der Waals surface area contributed by atoms with Gasteiger partial charge in [0.2, 0.25) is 0 Å². The molecule has 1 amide bonds. The van der Waals surface area contributed by atoms with Gasteiger partial charge in [-0.15, -0.1) is 0 Å². The third-order valence-corrected chi connectivity index (χ3v) is 6.33. The predicted octanol–water partition coefficient (Wildman–Crippen LogP) is 5.04. The minimum atomic E-state index is -0.867. The molecule has 6 nitrogen and oxygen atoms in total. The number of aliphatic hydroxyl groups is 1. The summed E-state index contributed by atoms with van der Waals surface area (Å²) in [7, 11) is 0. The molecule has 1 fully saturated rings. The van der Waals surface area contributed by atoms with Gasteiger partial charge in [0, 0.05) is 25.1 Å². The smallest absolute Gasteiger partial charge is 0.411 e. The molecule has 0 radical (unpaired) electrons. The molecule has 1 aliphatic heterocycles. The van der Waals surface area contributed by atoms with Crippen LogP contribution in [0.3, 0.4) is 0 Å². The van der Waals surface area contributed by atoms with E-state index < -0.39 is 11.7 Å². The lowest BCUT2D eigenvalue weighted by atomic mass is 9.84. The number of ether oxygens (including phenoxy) is 1. The van der Waals surface area contributed by atoms with E-state index in [1.807, 2.05) is 43.3 Å². The third-order valence-electron chi connectivity index (χ3n) is 6.33. The highest BCUT2D eigenvalue weighted by atomic mass is 19.1. The number of nitrogens with zero attached hydrogens (tertiary/aromatic N) is 2. The number of nitrogens with two attached hydrogens (primary N) is 1. The Hall–Kier alpha value is -3.45. The highest BCUT2D eigenvalue weighted by Crippen LogP contribution is 2.40. The summed E-state index contributed by atoms with van der Waals surface area (Å²) in [6.45, 7) is 2.45. The highest BCUT2D eigenvalue weighted by molar-refractivity contribution is 5.70. The molecule has 2 atom stereocenters. The lowest BCUT2D eigenvalue weighted by Gasteiger charge is -2.43. The molecular formula is C26H28FN3O3. The standard InChI is InChI=1S/C26H28FN3O3/c1-18(19-3-5-20(6-4-19)24-12-11-23(28)17-29-24)30-15-14-26(13-2-16-31,33-25(30)32)21-7-9-22(27)10-8-21/h3-12,17-18,31H,2,13-16,28H2,1H3/t18-,26+/m0/s1. The molecule has 33 heavy (non-hydrogen) atoms. The van der Waals surface area contributed by atoms with E-state index in [1.165, 1.54) is 12.1 Å². The first-order valence-corrected chi connectivity index (χ1v) is 11.1. The Kier molecular flexibility index (Phi) is 6.60. The van der Waals surface area contributed by atoms with Gasteiger partial charge in [-0.05, 0) is 55.2 Å². The Morgan fingerprint density at radius 3 is 2.48 bits per heavy atom. The van der Waals surface area contributed by atoms with E-state index in [1.54, 1.807) is 23.2 Å². The molecule has 0 unspecified atom stereocenters. The largest absolute Gasteiger partial charge is 0.438 e. The number of pyridine rings is 1. The summed E-state index contributed by atoms with van der Waals surface area (Å²) in [6.07, 6.45) is 2.73. The van der Waals surface area contributed by atoms with E-state index in [9.17, 15) is 14.3 Å². The van der Waals surface area contributed by atoms with Gasteiger partial charge in [0.1, 0.15) is 11.4 Å². The van der Waals surface area contributed by atoms with Gasteiger partial charge < -0.3 is 20.5 Å². The lowest BCUT2D eigenvalue weighted by molar-refractivity contribution is -0.0680. The zero-order valence-electron chi connectivity index (χ0n) is 18.6. The quantitative estimate of drug-likeness (QED) is 0.527. The first kappa shape index (κ1) is 22.7. The Balaban J connectivity index is 1.50. The minimum Gasteiger partial charge on any atom is -0.438 e. The van der Waals surface area contributed by atoms with Crippen molar-refractivity contribution in [3.8, 4) is 11.3 Å². The Morgan fingerprint density at radius 2 is 1.88 bits per heavy atom. The first-order chi connectivity index (χ1) is 15.9. The fourth-order valence-electron chi connectivity index (χ4n) is 4.35. The van der Waals surface area contributed by atoms with Crippen LogP contribution < -0.4 is 5.73 Å². The molecule has 0 bridgehead atoms. The molecular weight excluding hydrogens is 421 g/mol. The number of hydrogen-bond donors (Lipinski definition) is 2. The summed E-state index contributed by atoms with van der Waals surface area (Å²) >= 11 is 0. The van der Waals surface area contributed by atoms with Crippen LogP contribution in [0.1, 0.15) is 43.4 Å². The van der Waals surface area contributed by atoms with Crippen molar-refractivity contribution >= 4 is 11.8 Å². The van der Waals surface area contributed by atoms with Crippen molar-refractivity contribution in [2.75, 3.05) is 18.9 Å². The molecule has 1 saturated heterocycles. The summed E-state index contributed by atoms with van der Waals surface area (Å²) in [5.74, 6) is -0.342. The molecule has 1 aromatic heterocycles. The van der Waals surface area contributed by atoms with Gasteiger partial charge >= 0.3 is 6.09 Å². The van der Waals surface area contributed by atoms with Gasteiger partial charge in [0.15, 0.2) is 0 Å². The monoisotopic (exact) mass is 449 g/mol. The summed E-state index contributed by atoms with van der Waals surface area (Å²) in [4.78, 5) is 19.1. The number of hydrogen-bond acceptors (Lipinski definition) is 5. The molecule has 1 aliphatic rings. The first-order valence-electron chi connectivity index (χ1n) is 11.1. The topological polar surface area (TPSA) is 88.7 Å². The second-order valence-electron chi connectivity index (χ2n) is 8.41. The number of aromatic nitrogens is 1. The summed E-state index contributed by atoms with van der Waals surface area (Å²) < 4.78 is 19.4. The zero-order valence-corrected chi connectivity index (χ0v) is 18.6. The number of amides is 1. The van der Waals surface area contributed by atoms with Crippen LogP contribution in [-0.2, 0) is 10.3 Å². The number of halogens is 1. The van der Waals surface area contributed by atoms with Crippen molar-refractivity contribution in [2.45, 2.75) is 37.8 Å². The second-order valence-corrected chi connectivity index (χ2v) is 8.41. The second kappa shape index (κ2) is 9.58. The Labute approximate surface area is 192 Å². The molecule has 2 aromatic carbocycles. The van der Waals surface area contributed by atoms with E-state index in [0.29, 0.717) is 31.5 Å². The van der Waals surface area contributed by atoms with E-state index in [4.69, 9.17) is 10.5 Å². The Morgan fingerprint density at radius 1 is 1.15 bits per heavy atom. The fourth-order valence-corrected chi connectivity index (χ4v) is 4.35. The maximum atomic E-state index is 13.5. The van der Waals surface area contributed by atoms with Crippen molar-refractivity contribution in [1.29, 1.82) is 0 Å². The van der Waals surface area contributed by atoms with Gasteiger partial charge in [-0.25, -0.2) is 9.18 Å². The molecule has 3 aromatic rings. The van der Waals surface area contributed by atoms with Gasteiger partial charge in [-0.2, -0.15) is 0 Å². The molecule has 172 valence electrons. The predicted molar refractivity (Wildman–Crippen MR) is 125 cm³/mol. The van der Waals surface area contributed by atoms with E-state index in [-0.39, 0.29) is 18.5 Å². The number of rotatable bonds is 7. The Bertz CT molecular complexity index is 1090. The van der Waals surface area contributed by atoms with Crippen molar-refractivity contribution < 1.29 is 19.0 Å². The van der Waals surface area contributed by atoms with Gasteiger partial charge in [0.05, 0.1) is 23.6 Å². The number of aliphatic hydroxyl groups excluding tert-OH is 1. The van der Waals surface area contributed by atoms with Gasteiger partial charge in [-0.1, -0.05) is 36.4 Å². The average molecular weight is 450 g/mol. The van der Waals surface area contributed by atoms with Crippen LogP contribution in [0.5, 0.6) is 0 Å². The van der Waals surface area contributed by atoms with E-state index in [2.05, 4.69) is 4.98 Å². The highest BCUT2D eigenvalue weighted by Gasteiger charge is 2.43. The molecule has 0 aliphatic carbocycles. The number of carbonyl (C=O) groups is 1.